The van der Waals surface area contributed by atoms with E-state index in [1.165, 1.54) is 0 Å². The molecule has 1 aromatic heterocycles. The van der Waals surface area contributed by atoms with E-state index in [1.54, 1.807) is 6.26 Å². The van der Waals surface area contributed by atoms with Gasteiger partial charge in [-0.05, 0) is 12.1 Å². The first-order chi connectivity index (χ1) is 6.38. The van der Waals surface area contributed by atoms with Crippen molar-refractivity contribution in [3.05, 3.63) is 36.6 Å². The molecule has 0 aliphatic carbocycles. The highest BCUT2D eigenvalue weighted by molar-refractivity contribution is 5.76. The zero-order chi connectivity index (χ0) is 9.52. The number of benzene rings is 1. The van der Waals surface area contributed by atoms with Crippen LogP contribution in [0.5, 0.6) is 0 Å². The van der Waals surface area contributed by atoms with Gasteiger partial charge in [0.25, 0.3) is 0 Å². The Balaban J connectivity index is 0.000000184. The summed E-state index contributed by atoms with van der Waals surface area (Å²) < 4.78 is 5.12. The van der Waals surface area contributed by atoms with Gasteiger partial charge in [0.2, 0.25) is 0 Å². The Hall–Kier alpha value is -1.68. The summed E-state index contributed by atoms with van der Waals surface area (Å²) >= 11 is 0. The number of fused-ring (bicyclic) bond motifs is 1. The van der Waals surface area contributed by atoms with Gasteiger partial charge in [-0.15, -0.1) is 12.3 Å². The van der Waals surface area contributed by atoms with Crippen LogP contribution in [0.3, 0.4) is 0 Å². The molecule has 0 unspecified atom stereocenters. The first-order valence-corrected chi connectivity index (χ1v) is 4.24. The molecule has 1 nitrogen and oxygen atoms in total. The summed E-state index contributed by atoms with van der Waals surface area (Å²) in [6.07, 6.45) is 7.32. The predicted octanol–water partition coefficient (Wildman–Crippen LogP) is 3.46. The smallest absolute Gasteiger partial charge is 0.133 e. The summed E-state index contributed by atoms with van der Waals surface area (Å²) in [6, 6.07) is 9.90. The number of hydrogen-bond acceptors (Lipinski definition) is 1. The molecule has 0 saturated heterocycles. The van der Waals surface area contributed by atoms with E-state index in [9.17, 15) is 0 Å². The van der Waals surface area contributed by atoms with Crippen molar-refractivity contribution >= 4 is 11.0 Å². The molecule has 1 heteroatoms. The highest BCUT2D eigenvalue weighted by Gasteiger charge is 1.89. The van der Waals surface area contributed by atoms with Crippen molar-refractivity contribution in [1.82, 2.24) is 0 Å². The average molecular weight is 172 g/mol. The highest BCUT2D eigenvalue weighted by Crippen LogP contribution is 2.12. The molecule has 1 heterocycles. The van der Waals surface area contributed by atoms with Gasteiger partial charge in [0.05, 0.1) is 6.26 Å². The van der Waals surface area contributed by atoms with Gasteiger partial charge in [-0.25, -0.2) is 0 Å². The van der Waals surface area contributed by atoms with E-state index in [-0.39, 0.29) is 0 Å². The van der Waals surface area contributed by atoms with Crippen molar-refractivity contribution in [3.8, 4) is 12.3 Å². The van der Waals surface area contributed by atoms with Gasteiger partial charge in [0.1, 0.15) is 5.58 Å². The molecule has 0 aliphatic rings. The third kappa shape index (κ3) is 2.68. The SMILES string of the molecule is C#CCC.c1ccc2occc2c1. The second-order valence-electron chi connectivity index (χ2n) is 2.52. The van der Waals surface area contributed by atoms with Crippen LogP contribution in [-0.2, 0) is 0 Å². The molecule has 2 aromatic rings. The molecule has 0 N–H and O–H groups in total. The fourth-order valence-corrected chi connectivity index (χ4v) is 0.906. The quantitative estimate of drug-likeness (QED) is 0.554. The van der Waals surface area contributed by atoms with Crippen LogP contribution in [-0.4, -0.2) is 0 Å². The molecule has 0 radical (unpaired) electrons. The average Bonchev–Trinajstić information content (AvgIpc) is 2.66. The zero-order valence-electron chi connectivity index (χ0n) is 7.66. The lowest BCUT2D eigenvalue weighted by Crippen LogP contribution is -1.57. The number of hydrogen-bond donors (Lipinski definition) is 0. The van der Waals surface area contributed by atoms with Crippen LogP contribution in [0.25, 0.3) is 11.0 Å². The summed E-state index contributed by atoms with van der Waals surface area (Å²) in [7, 11) is 0. The fraction of sp³-hybridized carbons (Fsp3) is 0.167. The van der Waals surface area contributed by atoms with Crippen molar-refractivity contribution < 1.29 is 4.42 Å². The minimum absolute atomic E-state index is 0.847. The first kappa shape index (κ1) is 9.41. The third-order valence-corrected chi connectivity index (χ3v) is 1.57. The molecule has 66 valence electrons. The van der Waals surface area contributed by atoms with Crippen LogP contribution in [0.4, 0.5) is 0 Å². The molecular formula is C12H12O. The number of terminal acetylenes is 1. The summed E-state index contributed by atoms with van der Waals surface area (Å²) in [5.74, 6) is 2.43. The Morgan fingerprint density at radius 3 is 2.62 bits per heavy atom. The minimum Gasteiger partial charge on any atom is -0.464 e. The van der Waals surface area contributed by atoms with Gasteiger partial charge in [-0.1, -0.05) is 25.1 Å². The normalized spacial score (nSPS) is 8.62. The Labute approximate surface area is 78.4 Å². The first-order valence-electron chi connectivity index (χ1n) is 4.24. The van der Waals surface area contributed by atoms with Gasteiger partial charge >= 0.3 is 0 Å². The van der Waals surface area contributed by atoms with Gasteiger partial charge in [-0.2, -0.15) is 0 Å². The molecule has 0 aliphatic heterocycles. The predicted molar refractivity (Wildman–Crippen MR) is 55.3 cm³/mol. The van der Waals surface area contributed by atoms with E-state index in [4.69, 9.17) is 10.8 Å². The topological polar surface area (TPSA) is 13.1 Å². The minimum atomic E-state index is 0.847. The number of rotatable bonds is 0. The van der Waals surface area contributed by atoms with Crippen LogP contribution in [0, 0.1) is 12.3 Å². The third-order valence-electron chi connectivity index (χ3n) is 1.57. The van der Waals surface area contributed by atoms with Crippen molar-refractivity contribution in [2.45, 2.75) is 13.3 Å². The Morgan fingerprint density at radius 2 is 2.00 bits per heavy atom. The van der Waals surface area contributed by atoms with E-state index >= 15 is 0 Å². The van der Waals surface area contributed by atoms with Gasteiger partial charge < -0.3 is 4.42 Å². The van der Waals surface area contributed by atoms with Crippen molar-refractivity contribution in [3.63, 3.8) is 0 Å². The summed E-state index contributed by atoms with van der Waals surface area (Å²) in [4.78, 5) is 0. The molecule has 2 rings (SSSR count). The molecule has 0 bridgehead atoms. The maximum absolute atomic E-state index is 5.12. The van der Waals surface area contributed by atoms with Crippen LogP contribution < -0.4 is 0 Å². The standard InChI is InChI=1S/C8H6O.C4H6/c1-2-4-8-7(3-1)5-6-9-8;1-3-4-2/h1-6H;1H,4H2,2H3. The molecule has 0 amide bonds. The number of para-hydroxylation sites is 1. The molecule has 0 saturated carbocycles. The zero-order valence-corrected chi connectivity index (χ0v) is 7.66. The van der Waals surface area contributed by atoms with E-state index in [0.29, 0.717) is 0 Å². The van der Waals surface area contributed by atoms with Crippen LogP contribution in [0.1, 0.15) is 13.3 Å². The van der Waals surface area contributed by atoms with E-state index in [0.717, 1.165) is 17.4 Å². The number of furan rings is 1. The fourth-order valence-electron chi connectivity index (χ4n) is 0.906. The molecular weight excluding hydrogens is 160 g/mol. The van der Waals surface area contributed by atoms with Crippen molar-refractivity contribution in [2.24, 2.45) is 0 Å². The maximum Gasteiger partial charge on any atom is 0.133 e. The van der Waals surface area contributed by atoms with Crippen LogP contribution in [0.2, 0.25) is 0 Å². The van der Waals surface area contributed by atoms with Gasteiger partial charge in [0.15, 0.2) is 0 Å². The van der Waals surface area contributed by atoms with Crippen LogP contribution >= 0.6 is 0 Å². The van der Waals surface area contributed by atoms with Crippen molar-refractivity contribution in [1.29, 1.82) is 0 Å². The molecule has 13 heavy (non-hydrogen) atoms. The van der Waals surface area contributed by atoms with Gasteiger partial charge in [-0.3, -0.25) is 0 Å². The van der Waals surface area contributed by atoms with E-state index < -0.39 is 0 Å². The summed E-state index contributed by atoms with van der Waals surface area (Å²) in [5, 5.41) is 1.16. The van der Waals surface area contributed by atoms with E-state index in [2.05, 4.69) is 5.92 Å². The molecule has 0 spiro atoms. The summed E-state index contributed by atoms with van der Waals surface area (Å²) in [5.41, 5.74) is 0.956. The lowest BCUT2D eigenvalue weighted by atomic mass is 10.3. The largest absolute Gasteiger partial charge is 0.464 e. The van der Waals surface area contributed by atoms with E-state index in [1.807, 2.05) is 37.3 Å². The Kier molecular flexibility index (Phi) is 3.66. The molecule has 0 fully saturated rings. The Bertz CT molecular complexity index is 362. The highest BCUT2D eigenvalue weighted by atomic mass is 16.3. The lowest BCUT2D eigenvalue weighted by Gasteiger charge is -1.81. The maximum atomic E-state index is 5.12. The van der Waals surface area contributed by atoms with Crippen LogP contribution in [0.15, 0.2) is 41.0 Å². The van der Waals surface area contributed by atoms with Gasteiger partial charge in [0, 0.05) is 11.8 Å². The molecule has 0 atom stereocenters. The van der Waals surface area contributed by atoms with Crippen molar-refractivity contribution in [2.75, 3.05) is 0 Å². The Morgan fingerprint density at radius 1 is 1.31 bits per heavy atom. The second kappa shape index (κ2) is 5.05. The monoisotopic (exact) mass is 172 g/mol. The second-order valence-corrected chi connectivity index (χ2v) is 2.52. The lowest BCUT2D eigenvalue weighted by molar-refractivity contribution is 0.616. The molecule has 1 aromatic carbocycles. The summed E-state index contributed by atoms with van der Waals surface area (Å²) in [6.45, 7) is 1.94.